The molecule has 0 bridgehead atoms. The molecule has 1 aromatic carbocycles. The van der Waals surface area contributed by atoms with Gasteiger partial charge in [0, 0.05) is 28.2 Å². The zero-order valence-corrected chi connectivity index (χ0v) is 14.4. The molecule has 5 nitrogen and oxygen atoms in total. The van der Waals surface area contributed by atoms with Crippen molar-refractivity contribution >= 4 is 43.7 Å². The fourth-order valence-corrected chi connectivity index (χ4v) is 2.75. The number of amides is 2. The summed E-state index contributed by atoms with van der Waals surface area (Å²) in [6.07, 6.45) is 0. The molecule has 0 saturated heterocycles. The van der Waals surface area contributed by atoms with Crippen LogP contribution in [0.3, 0.4) is 0 Å². The van der Waals surface area contributed by atoms with Gasteiger partial charge in [-0.05, 0) is 25.1 Å². The van der Waals surface area contributed by atoms with Gasteiger partial charge in [-0.25, -0.2) is 0 Å². The maximum atomic E-state index is 12.0. The maximum absolute atomic E-state index is 12.0. The summed E-state index contributed by atoms with van der Waals surface area (Å²) in [5.74, 6) is -0.550. The number of carbonyl (C=O) groups excluding carboxylic acids is 2. The number of rotatable bonds is 6. The van der Waals surface area contributed by atoms with Gasteiger partial charge in [-0.1, -0.05) is 31.9 Å². The molecule has 0 radical (unpaired) electrons. The highest BCUT2D eigenvalue weighted by Crippen LogP contribution is 2.20. The molecule has 2 N–H and O–H groups in total. The van der Waals surface area contributed by atoms with Crippen LogP contribution in [0.1, 0.15) is 17.3 Å². The Balaban J connectivity index is 2.58. The third kappa shape index (κ3) is 5.60. The molecule has 7 heteroatoms. The highest BCUT2D eigenvalue weighted by atomic mass is 79.9. The first-order valence-corrected chi connectivity index (χ1v) is 7.56. The molecular formula is C13H16Br2N2O3. The number of methoxy groups -OCH3 is 1. The minimum atomic E-state index is -0.614. The van der Waals surface area contributed by atoms with Crippen molar-refractivity contribution in [2.75, 3.05) is 20.3 Å². The first-order chi connectivity index (χ1) is 9.43. The van der Waals surface area contributed by atoms with E-state index in [9.17, 15) is 9.59 Å². The van der Waals surface area contributed by atoms with Crippen LogP contribution in [-0.4, -0.2) is 38.1 Å². The van der Waals surface area contributed by atoms with E-state index in [0.717, 1.165) is 8.95 Å². The van der Waals surface area contributed by atoms with Gasteiger partial charge in [0.1, 0.15) is 6.04 Å². The maximum Gasteiger partial charge on any atom is 0.251 e. The van der Waals surface area contributed by atoms with Crippen molar-refractivity contribution in [3.8, 4) is 0 Å². The van der Waals surface area contributed by atoms with Gasteiger partial charge >= 0.3 is 0 Å². The van der Waals surface area contributed by atoms with Crippen LogP contribution >= 0.6 is 31.9 Å². The van der Waals surface area contributed by atoms with Crippen molar-refractivity contribution in [2.24, 2.45) is 0 Å². The molecule has 0 aliphatic carbocycles. The molecule has 0 aliphatic heterocycles. The summed E-state index contributed by atoms with van der Waals surface area (Å²) in [5, 5.41) is 5.31. The number of hydrogen-bond acceptors (Lipinski definition) is 3. The first kappa shape index (κ1) is 17.1. The summed E-state index contributed by atoms with van der Waals surface area (Å²) < 4.78 is 6.41. The Labute approximate surface area is 134 Å². The van der Waals surface area contributed by atoms with E-state index in [2.05, 4.69) is 42.5 Å². The number of hydrogen-bond donors (Lipinski definition) is 2. The predicted molar refractivity (Wildman–Crippen MR) is 83.7 cm³/mol. The highest BCUT2D eigenvalue weighted by molar-refractivity contribution is 9.11. The molecule has 20 heavy (non-hydrogen) atoms. The lowest BCUT2D eigenvalue weighted by Crippen LogP contribution is -2.45. The van der Waals surface area contributed by atoms with E-state index in [0.29, 0.717) is 18.7 Å². The van der Waals surface area contributed by atoms with Gasteiger partial charge in [0.15, 0.2) is 0 Å². The van der Waals surface area contributed by atoms with Gasteiger partial charge in [0.2, 0.25) is 5.91 Å². The van der Waals surface area contributed by atoms with Crippen LogP contribution in [0, 0.1) is 0 Å². The standard InChI is InChI=1S/C13H16Br2N2O3/c1-8(12(18)16-3-4-20-2)17-13(19)9-5-10(14)7-11(15)6-9/h5-8H,3-4H2,1-2H3,(H,16,18)(H,17,19). The Bertz CT molecular complexity index is 474. The number of benzene rings is 1. The van der Waals surface area contributed by atoms with Crippen molar-refractivity contribution in [1.29, 1.82) is 0 Å². The van der Waals surface area contributed by atoms with E-state index >= 15 is 0 Å². The van der Waals surface area contributed by atoms with Crippen molar-refractivity contribution in [1.82, 2.24) is 10.6 Å². The van der Waals surface area contributed by atoms with Crippen LogP contribution < -0.4 is 10.6 Å². The van der Waals surface area contributed by atoms with Gasteiger partial charge in [-0.3, -0.25) is 9.59 Å². The predicted octanol–water partition coefficient (Wildman–Crippen LogP) is 2.09. The van der Waals surface area contributed by atoms with Crippen molar-refractivity contribution in [2.45, 2.75) is 13.0 Å². The molecule has 1 rings (SSSR count). The zero-order valence-electron chi connectivity index (χ0n) is 11.2. The molecule has 1 aromatic rings. The Hall–Kier alpha value is -0.920. The minimum Gasteiger partial charge on any atom is -0.383 e. The average molecular weight is 408 g/mol. The largest absolute Gasteiger partial charge is 0.383 e. The van der Waals surface area contributed by atoms with E-state index in [1.165, 1.54) is 0 Å². The van der Waals surface area contributed by atoms with Crippen molar-refractivity contribution < 1.29 is 14.3 Å². The highest BCUT2D eigenvalue weighted by Gasteiger charge is 2.16. The molecule has 0 saturated carbocycles. The fourth-order valence-electron chi connectivity index (χ4n) is 1.46. The van der Waals surface area contributed by atoms with Gasteiger partial charge in [0.05, 0.1) is 6.61 Å². The molecule has 2 amide bonds. The molecule has 1 atom stereocenters. The average Bonchev–Trinajstić information content (AvgIpc) is 2.37. The molecule has 0 aliphatic rings. The second-order valence-electron chi connectivity index (χ2n) is 4.14. The summed E-state index contributed by atoms with van der Waals surface area (Å²) in [6.45, 7) is 2.48. The van der Waals surface area contributed by atoms with Crippen LogP contribution in [0.15, 0.2) is 27.1 Å². The van der Waals surface area contributed by atoms with Crippen LogP contribution in [-0.2, 0) is 9.53 Å². The van der Waals surface area contributed by atoms with E-state index < -0.39 is 6.04 Å². The van der Waals surface area contributed by atoms with E-state index in [1.807, 2.05) is 6.07 Å². The van der Waals surface area contributed by atoms with Crippen LogP contribution in [0.25, 0.3) is 0 Å². The monoisotopic (exact) mass is 406 g/mol. The molecule has 0 spiro atoms. The molecule has 0 aromatic heterocycles. The number of nitrogens with one attached hydrogen (secondary N) is 2. The summed E-state index contributed by atoms with van der Waals surface area (Å²) >= 11 is 6.63. The topological polar surface area (TPSA) is 67.4 Å². The van der Waals surface area contributed by atoms with E-state index in [4.69, 9.17) is 4.74 Å². The Morgan fingerprint density at radius 1 is 1.25 bits per heavy atom. The summed E-state index contributed by atoms with van der Waals surface area (Å²) in [7, 11) is 1.56. The Morgan fingerprint density at radius 3 is 2.40 bits per heavy atom. The fraction of sp³-hybridized carbons (Fsp3) is 0.385. The van der Waals surface area contributed by atoms with E-state index in [1.54, 1.807) is 26.2 Å². The molecular weight excluding hydrogens is 392 g/mol. The molecule has 0 fully saturated rings. The minimum absolute atomic E-state index is 0.246. The number of carbonyl (C=O) groups is 2. The van der Waals surface area contributed by atoms with Crippen molar-refractivity contribution in [3.05, 3.63) is 32.7 Å². The SMILES string of the molecule is COCCNC(=O)C(C)NC(=O)c1cc(Br)cc(Br)c1. The lowest BCUT2D eigenvalue weighted by molar-refractivity contribution is -0.122. The van der Waals surface area contributed by atoms with Gasteiger partial charge in [-0.15, -0.1) is 0 Å². The van der Waals surface area contributed by atoms with Gasteiger partial charge < -0.3 is 15.4 Å². The quantitative estimate of drug-likeness (QED) is 0.709. The normalized spacial score (nSPS) is 11.8. The second-order valence-corrected chi connectivity index (χ2v) is 5.97. The van der Waals surface area contributed by atoms with Crippen molar-refractivity contribution in [3.63, 3.8) is 0 Å². The Morgan fingerprint density at radius 2 is 1.85 bits per heavy atom. The zero-order chi connectivity index (χ0) is 15.1. The lowest BCUT2D eigenvalue weighted by atomic mass is 10.2. The lowest BCUT2D eigenvalue weighted by Gasteiger charge is -2.14. The summed E-state index contributed by atoms with van der Waals surface area (Å²) in [6, 6.07) is 4.60. The third-order valence-corrected chi connectivity index (χ3v) is 3.39. The molecule has 1 unspecified atom stereocenters. The summed E-state index contributed by atoms with van der Waals surface area (Å²) in [4.78, 5) is 23.8. The Kier molecular flexibility index (Phi) is 7.18. The second kappa shape index (κ2) is 8.39. The van der Waals surface area contributed by atoms with Gasteiger partial charge in [-0.2, -0.15) is 0 Å². The smallest absolute Gasteiger partial charge is 0.251 e. The van der Waals surface area contributed by atoms with Crippen LogP contribution in [0.4, 0.5) is 0 Å². The van der Waals surface area contributed by atoms with Crippen LogP contribution in [0.5, 0.6) is 0 Å². The number of ether oxygens (including phenoxy) is 1. The molecule has 0 heterocycles. The summed E-state index contributed by atoms with van der Waals surface area (Å²) in [5.41, 5.74) is 0.475. The van der Waals surface area contributed by atoms with E-state index in [-0.39, 0.29) is 11.8 Å². The first-order valence-electron chi connectivity index (χ1n) is 5.97. The number of halogens is 2. The molecule has 110 valence electrons. The van der Waals surface area contributed by atoms with Crippen LogP contribution in [0.2, 0.25) is 0 Å². The van der Waals surface area contributed by atoms with Gasteiger partial charge in [0.25, 0.3) is 5.91 Å². The third-order valence-electron chi connectivity index (χ3n) is 2.47.